The van der Waals surface area contributed by atoms with E-state index >= 15 is 0 Å². The smallest absolute Gasteiger partial charge is 0.165 e. The van der Waals surface area contributed by atoms with Gasteiger partial charge in [-0.2, -0.15) is 0 Å². The lowest BCUT2D eigenvalue weighted by Crippen LogP contribution is -2.10. The Morgan fingerprint density at radius 2 is 2.08 bits per heavy atom. The van der Waals surface area contributed by atoms with Crippen LogP contribution in [-0.2, 0) is 4.79 Å². The van der Waals surface area contributed by atoms with Crippen molar-refractivity contribution >= 4 is 5.78 Å². The Bertz CT molecular complexity index is 223. The number of carbonyl (C=O) groups excluding carboxylic acids is 1. The second-order valence-electron chi connectivity index (χ2n) is 3.11. The van der Waals surface area contributed by atoms with Crippen molar-refractivity contribution in [1.82, 2.24) is 0 Å². The van der Waals surface area contributed by atoms with Crippen LogP contribution in [0.1, 0.15) is 26.7 Å². The van der Waals surface area contributed by atoms with E-state index in [4.69, 9.17) is 0 Å². The van der Waals surface area contributed by atoms with Gasteiger partial charge in [0.05, 0.1) is 0 Å². The molecule has 0 rings (SSSR count). The molecule has 0 aromatic heterocycles. The molecule has 0 fully saturated rings. The highest BCUT2D eigenvalue weighted by Gasteiger charge is 2.11. The lowest BCUT2D eigenvalue weighted by Gasteiger charge is -2.06. The van der Waals surface area contributed by atoms with Gasteiger partial charge in [0.1, 0.15) is 0 Å². The molecule has 0 radical (unpaired) electrons. The summed E-state index contributed by atoms with van der Waals surface area (Å²) < 4.78 is 0. The summed E-state index contributed by atoms with van der Waals surface area (Å²) in [6.45, 7) is 11.1. The molecule has 0 aliphatic heterocycles. The maximum Gasteiger partial charge on any atom is 0.165 e. The van der Waals surface area contributed by atoms with Crippen molar-refractivity contribution in [3.8, 4) is 0 Å². The fraction of sp³-hybridized carbons (Fsp3) is 0.417. The number of rotatable bonds is 6. The number of Topliss-reactive ketones (excluding diaryl/α,β-unsaturated/α-hetero) is 1. The summed E-state index contributed by atoms with van der Waals surface area (Å²) in [5, 5.41) is 0. The molecule has 0 amide bonds. The molecule has 0 aromatic rings. The standard InChI is InChI=1S/C12H18O/c1-5-7-8-9-11(4)12(13)10(3)6-2/h6-8,11H,2-3,5,9H2,1,4H3/b8-7+/t11-/m0/s1. The molecule has 0 unspecified atom stereocenters. The molecule has 0 bridgehead atoms. The lowest BCUT2D eigenvalue weighted by molar-refractivity contribution is -0.118. The van der Waals surface area contributed by atoms with Crippen LogP contribution in [0.25, 0.3) is 0 Å². The largest absolute Gasteiger partial charge is 0.294 e. The SMILES string of the molecule is C=CC(=C)C(=O)[C@@H](C)C/C=C/CC. The van der Waals surface area contributed by atoms with Crippen molar-refractivity contribution in [3.05, 3.63) is 37.0 Å². The van der Waals surface area contributed by atoms with Crippen molar-refractivity contribution in [2.45, 2.75) is 26.7 Å². The molecular formula is C12H18O. The third-order valence-corrected chi connectivity index (χ3v) is 1.90. The first-order chi connectivity index (χ1) is 6.13. The Kier molecular flexibility index (Phi) is 5.86. The number of allylic oxidation sites excluding steroid dienone is 4. The van der Waals surface area contributed by atoms with Crippen molar-refractivity contribution < 1.29 is 4.79 Å². The minimum atomic E-state index is 0.0216. The summed E-state index contributed by atoms with van der Waals surface area (Å²) in [5.74, 6) is 0.115. The van der Waals surface area contributed by atoms with Crippen LogP contribution in [0.5, 0.6) is 0 Å². The van der Waals surface area contributed by atoms with Gasteiger partial charge < -0.3 is 0 Å². The van der Waals surface area contributed by atoms with Gasteiger partial charge in [0.15, 0.2) is 5.78 Å². The zero-order valence-electron chi connectivity index (χ0n) is 8.55. The molecule has 0 heterocycles. The summed E-state index contributed by atoms with van der Waals surface area (Å²) in [4.78, 5) is 11.5. The van der Waals surface area contributed by atoms with Crippen molar-refractivity contribution in [2.24, 2.45) is 5.92 Å². The van der Waals surface area contributed by atoms with E-state index in [1.165, 1.54) is 6.08 Å². The van der Waals surface area contributed by atoms with Crippen LogP contribution in [0.4, 0.5) is 0 Å². The molecule has 1 atom stereocenters. The zero-order chi connectivity index (χ0) is 10.3. The molecule has 0 spiro atoms. The Balaban J connectivity index is 4.03. The number of hydrogen-bond acceptors (Lipinski definition) is 1. The van der Waals surface area contributed by atoms with Crippen LogP contribution in [0.2, 0.25) is 0 Å². The first kappa shape index (κ1) is 11.9. The Morgan fingerprint density at radius 3 is 2.54 bits per heavy atom. The summed E-state index contributed by atoms with van der Waals surface area (Å²) >= 11 is 0. The van der Waals surface area contributed by atoms with Crippen LogP contribution in [0, 0.1) is 5.92 Å². The van der Waals surface area contributed by atoms with E-state index in [2.05, 4.69) is 26.2 Å². The van der Waals surface area contributed by atoms with E-state index in [1.807, 2.05) is 13.0 Å². The van der Waals surface area contributed by atoms with E-state index < -0.39 is 0 Å². The molecule has 1 nitrogen and oxygen atoms in total. The summed E-state index contributed by atoms with van der Waals surface area (Å²) in [6.07, 6.45) is 7.44. The molecule has 0 N–H and O–H groups in total. The van der Waals surface area contributed by atoms with Gasteiger partial charge in [-0.1, -0.05) is 45.2 Å². The minimum absolute atomic E-state index is 0.0216. The molecule has 0 aromatic carbocycles. The number of ketones is 1. The molecule has 1 heteroatoms. The van der Waals surface area contributed by atoms with Crippen LogP contribution in [0.15, 0.2) is 37.0 Å². The van der Waals surface area contributed by atoms with Gasteiger partial charge in [0, 0.05) is 11.5 Å². The third-order valence-electron chi connectivity index (χ3n) is 1.90. The van der Waals surface area contributed by atoms with Crippen molar-refractivity contribution in [3.63, 3.8) is 0 Å². The van der Waals surface area contributed by atoms with E-state index in [9.17, 15) is 4.79 Å². The van der Waals surface area contributed by atoms with Gasteiger partial charge in [-0.3, -0.25) is 4.79 Å². The number of hydrogen-bond donors (Lipinski definition) is 0. The van der Waals surface area contributed by atoms with Crippen LogP contribution < -0.4 is 0 Å². The molecule has 72 valence electrons. The maximum absolute atomic E-state index is 11.5. The normalized spacial score (nSPS) is 12.8. The molecule has 13 heavy (non-hydrogen) atoms. The van der Waals surface area contributed by atoms with Gasteiger partial charge in [-0.15, -0.1) is 0 Å². The number of carbonyl (C=O) groups is 1. The van der Waals surface area contributed by atoms with Gasteiger partial charge in [-0.05, 0) is 12.8 Å². The fourth-order valence-electron chi connectivity index (χ4n) is 0.991. The van der Waals surface area contributed by atoms with E-state index in [-0.39, 0.29) is 11.7 Å². The quantitative estimate of drug-likeness (QED) is 0.346. The van der Waals surface area contributed by atoms with Crippen molar-refractivity contribution in [2.75, 3.05) is 0 Å². The molecule has 0 saturated carbocycles. The Hall–Kier alpha value is -1.11. The second kappa shape index (κ2) is 6.41. The topological polar surface area (TPSA) is 17.1 Å². The monoisotopic (exact) mass is 178 g/mol. The summed E-state index contributed by atoms with van der Waals surface area (Å²) in [7, 11) is 0. The van der Waals surface area contributed by atoms with Crippen LogP contribution in [-0.4, -0.2) is 5.78 Å². The van der Waals surface area contributed by atoms with Crippen molar-refractivity contribution in [1.29, 1.82) is 0 Å². The minimum Gasteiger partial charge on any atom is -0.294 e. The second-order valence-corrected chi connectivity index (χ2v) is 3.11. The highest BCUT2D eigenvalue weighted by Crippen LogP contribution is 2.10. The maximum atomic E-state index is 11.5. The predicted molar refractivity (Wildman–Crippen MR) is 57.6 cm³/mol. The molecular weight excluding hydrogens is 160 g/mol. The van der Waals surface area contributed by atoms with E-state index in [0.29, 0.717) is 5.57 Å². The lowest BCUT2D eigenvalue weighted by atomic mass is 9.97. The third kappa shape index (κ3) is 4.46. The van der Waals surface area contributed by atoms with E-state index in [0.717, 1.165) is 12.8 Å². The highest BCUT2D eigenvalue weighted by molar-refractivity contribution is 5.98. The van der Waals surface area contributed by atoms with Gasteiger partial charge in [-0.25, -0.2) is 0 Å². The first-order valence-electron chi connectivity index (χ1n) is 4.64. The van der Waals surface area contributed by atoms with Crippen LogP contribution >= 0.6 is 0 Å². The van der Waals surface area contributed by atoms with Crippen LogP contribution in [0.3, 0.4) is 0 Å². The molecule has 0 aliphatic rings. The fourth-order valence-corrected chi connectivity index (χ4v) is 0.991. The summed E-state index contributed by atoms with van der Waals surface area (Å²) in [6, 6.07) is 0. The Morgan fingerprint density at radius 1 is 1.46 bits per heavy atom. The molecule has 0 saturated heterocycles. The average Bonchev–Trinajstić information content (AvgIpc) is 2.15. The highest BCUT2D eigenvalue weighted by atomic mass is 16.1. The van der Waals surface area contributed by atoms with Gasteiger partial charge in [0.2, 0.25) is 0 Å². The summed E-state index contributed by atoms with van der Waals surface area (Å²) in [5.41, 5.74) is 0.511. The Labute approximate surface area is 80.8 Å². The zero-order valence-corrected chi connectivity index (χ0v) is 8.55. The van der Waals surface area contributed by atoms with E-state index in [1.54, 1.807) is 0 Å². The van der Waals surface area contributed by atoms with Gasteiger partial charge >= 0.3 is 0 Å². The average molecular weight is 178 g/mol. The first-order valence-corrected chi connectivity index (χ1v) is 4.64. The predicted octanol–water partition coefficient (Wildman–Crippen LogP) is 3.29. The molecule has 0 aliphatic carbocycles. The van der Waals surface area contributed by atoms with Gasteiger partial charge in [0.25, 0.3) is 0 Å².